The van der Waals surface area contributed by atoms with Crippen LogP contribution in [0, 0.1) is 11.6 Å². The SMILES string of the molecule is CCS(=O)CCNS(=O)(=O)c1c(F)cc(N)cc1F. The Morgan fingerprint density at radius 3 is 2.32 bits per heavy atom. The summed E-state index contributed by atoms with van der Waals surface area (Å²) in [5.74, 6) is -2.07. The molecule has 19 heavy (non-hydrogen) atoms. The van der Waals surface area contributed by atoms with Gasteiger partial charge in [-0.25, -0.2) is 21.9 Å². The second kappa shape index (κ2) is 6.40. The number of nitrogen functional groups attached to an aromatic ring is 1. The molecule has 1 aromatic rings. The Labute approximate surface area is 112 Å². The van der Waals surface area contributed by atoms with Gasteiger partial charge in [0.1, 0.15) is 11.6 Å². The summed E-state index contributed by atoms with van der Waals surface area (Å²) in [6.07, 6.45) is 0. The zero-order valence-corrected chi connectivity index (χ0v) is 11.8. The molecule has 3 N–H and O–H groups in total. The van der Waals surface area contributed by atoms with Gasteiger partial charge in [0.2, 0.25) is 10.0 Å². The molecule has 1 atom stereocenters. The van der Waals surface area contributed by atoms with Gasteiger partial charge in [-0.3, -0.25) is 4.21 Å². The van der Waals surface area contributed by atoms with Gasteiger partial charge in [0.05, 0.1) is 0 Å². The fraction of sp³-hybridized carbons (Fsp3) is 0.400. The van der Waals surface area contributed by atoms with Crippen molar-refractivity contribution in [3.63, 3.8) is 0 Å². The molecule has 5 nitrogen and oxygen atoms in total. The second-order valence-electron chi connectivity index (χ2n) is 3.64. The molecule has 0 radical (unpaired) electrons. The molecule has 0 amide bonds. The standard InChI is InChI=1S/C10H14F2N2O3S2/c1-2-18(15)4-3-14-19(16,17)10-8(11)5-7(13)6-9(10)12/h5-6,14H,2-4,13H2,1H3. The molecule has 0 aromatic heterocycles. The molecule has 1 unspecified atom stereocenters. The average Bonchev–Trinajstić information content (AvgIpc) is 2.26. The van der Waals surface area contributed by atoms with E-state index in [1.165, 1.54) is 0 Å². The van der Waals surface area contributed by atoms with Gasteiger partial charge in [-0.2, -0.15) is 0 Å². The molecule has 1 rings (SSSR count). The molecule has 0 spiro atoms. The van der Waals surface area contributed by atoms with Gasteiger partial charge < -0.3 is 5.73 Å². The summed E-state index contributed by atoms with van der Waals surface area (Å²) in [7, 11) is -5.50. The summed E-state index contributed by atoms with van der Waals surface area (Å²) < 4.78 is 63.5. The highest BCUT2D eigenvalue weighted by Gasteiger charge is 2.24. The van der Waals surface area contributed by atoms with E-state index in [1.54, 1.807) is 6.92 Å². The predicted molar refractivity (Wildman–Crippen MR) is 69.5 cm³/mol. The molecule has 1 aromatic carbocycles. The number of nitrogens with one attached hydrogen (secondary N) is 1. The maximum atomic E-state index is 13.5. The van der Waals surface area contributed by atoms with E-state index < -0.39 is 37.4 Å². The number of nitrogens with two attached hydrogens (primary N) is 1. The molecular weight excluding hydrogens is 298 g/mol. The van der Waals surface area contributed by atoms with Gasteiger partial charge in [-0.05, 0) is 12.1 Å². The van der Waals surface area contributed by atoms with Crippen molar-refractivity contribution in [2.75, 3.05) is 23.8 Å². The number of rotatable bonds is 6. The van der Waals surface area contributed by atoms with Crippen LogP contribution in [0.3, 0.4) is 0 Å². The fourth-order valence-corrected chi connectivity index (χ4v) is 3.24. The summed E-state index contributed by atoms with van der Waals surface area (Å²) in [5, 5.41) is 0. The van der Waals surface area contributed by atoms with Gasteiger partial charge in [0.25, 0.3) is 0 Å². The number of anilines is 1. The van der Waals surface area contributed by atoms with E-state index in [1.807, 2.05) is 4.72 Å². The van der Waals surface area contributed by atoms with Crippen LogP contribution in [0.5, 0.6) is 0 Å². The van der Waals surface area contributed by atoms with E-state index in [0.29, 0.717) is 5.75 Å². The fourth-order valence-electron chi connectivity index (χ4n) is 1.34. The minimum Gasteiger partial charge on any atom is -0.399 e. The van der Waals surface area contributed by atoms with E-state index in [9.17, 15) is 21.4 Å². The van der Waals surface area contributed by atoms with Crippen molar-refractivity contribution in [3.8, 4) is 0 Å². The highest BCUT2D eigenvalue weighted by molar-refractivity contribution is 7.89. The Hall–Kier alpha value is -1.06. The molecule has 9 heteroatoms. The third-order valence-corrected chi connectivity index (χ3v) is 5.05. The molecule has 0 saturated heterocycles. The Balaban J connectivity index is 2.92. The van der Waals surface area contributed by atoms with E-state index in [0.717, 1.165) is 12.1 Å². The average molecular weight is 312 g/mol. The van der Waals surface area contributed by atoms with E-state index in [-0.39, 0.29) is 18.0 Å². The number of benzene rings is 1. The van der Waals surface area contributed by atoms with Crippen LogP contribution in [0.2, 0.25) is 0 Å². The predicted octanol–water partition coefficient (Wildman–Crippen LogP) is 0.594. The highest BCUT2D eigenvalue weighted by Crippen LogP contribution is 2.21. The van der Waals surface area contributed by atoms with E-state index in [4.69, 9.17) is 5.73 Å². The van der Waals surface area contributed by atoms with Crippen LogP contribution in [0.1, 0.15) is 6.92 Å². The molecule has 0 fully saturated rings. The van der Waals surface area contributed by atoms with Crippen molar-refractivity contribution in [3.05, 3.63) is 23.8 Å². The summed E-state index contributed by atoms with van der Waals surface area (Å²) in [6, 6.07) is 1.45. The molecule has 0 saturated carbocycles. The number of hydrogen-bond donors (Lipinski definition) is 2. The van der Waals surface area contributed by atoms with Crippen LogP contribution in [0.25, 0.3) is 0 Å². The minimum atomic E-state index is -4.33. The van der Waals surface area contributed by atoms with Crippen LogP contribution in [-0.2, 0) is 20.8 Å². The quantitative estimate of drug-likeness (QED) is 0.753. The third-order valence-electron chi connectivity index (χ3n) is 2.23. The van der Waals surface area contributed by atoms with Crippen LogP contribution in [0.4, 0.5) is 14.5 Å². The first-order chi connectivity index (χ1) is 8.77. The lowest BCUT2D eigenvalue weighted by Crippen LogP contribution is -2.29. The van der Waals surface area contributed by atoms with Gasteiger partial charge in [0, 0.05) is 34.5 Å². The minimum absolute atomic E-state index is 0.0773. The molecule has 0 aliphatic rings. The summed E-state index contributed by atoms with van der Waals surface area (Å²) in [4.78, 5) is -1.08. The first-order valence-electron chi connectivity index (χ1n) is 5.37. The van der Waals surface area contributed by atoms with Crippen LogP contribution in [0.15, 0.2) is 17.0 Å². The number of halogens is 2. The molecule has 0 heterocycles. The molecule has 108 valence electrons. The maximum absolute atomic E-state index is 13.5. The monoisotopic (exact) mass is 312 g/mol. The third kappa shape index (κ3) is 4.22. The molecule has 0 bridgehead atoms. The molecule has 0 aliphatic carbocycles. The topological polar surface area (TPSA) is 89.3 Å². The smallest absolute Gasteiger partial charge is 0.246 e. The first kappa shape index (κ1) is 16.0. The second-order valence-corrected chi connectivity index (χ2v) is 7.21. The van der Waals surface area contributed by atoms with Gasteiger partial charge in [-0.1, -0.05) is 6.92 Å². The van der Waals surface area contributed by atoms with Crippen molar-refractivity contribution in [1.82, 2.24) is 4.72 Å². The van der Waals surface area contributed by atoms with Gasteiger partial charge >= 0.3 is 0 Å². The molecular formula is C10H14F2N2O3S2. The Kier molecular flexibility index (Phi) is 5.39. The van der Waals surface area contributed by atoms with Crippen molar-refractivity contribution in [2.24, 2.45) is 0 Å². The lowest BCUT2D eigenvalue weighted by atomic mass is 10.3. The Morgan fingerprint density at radius 2 is 1.84 bits per heavy atom. The number of sulfonamides is 1. The van der Waals surface area contributed by atoms with Crippen molar-refractivity contribution in [2.45, 2.75) is 11.8 Å². The van der Waals surface area contributed by atoms with Crippen molar-refractivity contribution >= 4 is 26.5 Å². The summed E-state index contributed by atoms with van der Waals surface area (Å²) in [5.41, 5.74) is 4.99. The van der Waals surface area contributed by atoms with Crippen molar-refractivity contribution < 1.29 is 21.4 Å². The van der Waals surface area contributed by atoms with Crippen LogP contribution < -0.4 is 10.5 Å². The maximum Gasteiger partial charge on any atom is 0.246 e. The lowest BCUT2D eigenvalue weighted by Gasteiger charge is -2.09. The zero-order chi connectivity index (χ0) is 14.6. The normalized spacial score (nSPS) is 13.4. The van der Waals surface area contributed by atoms with E-state index >= 15 is 0 Å². The van der Waals surface area contributed by atoms with Crippen molar-refractivity contribution in [1.29, 1.82) is 0 Å². The lowest BCUT2D eigenvalue weighted by molar-refractivity contribution is 0.515. The molecule has 0 aliphatic heterocycles. The van der Waals surface area contributed by atoms with Gasteiger partial charge in [-0.15, -0.1) is 0 Å². The Bertz CT molecular complexity index is 567. The van der Waals surface area contributed by atoms with Gasteiger partial charge in [0.15, 0.2) is 4.90 Å². The first-order valence-corrected chi connectivity index (χ1v) is 8.34. The largest absolute Gasteiger partial charge is 0.399 e. The summed E-state index contributed by atoms with van der Waals surface area (Å²) in [6.45, 7) is 1.52. The van der Waals surface area contributed by atoms with Crippen LogP contribution >= 0.6 is 0 Å². The zero-order valence-electron chi connectivity index (χ0n) is 10.2. The Morgan fingerprint density at radius 1 is 1.32 bits per heavy atom. The summed E-state index contributed by atoms with van der Waals surface area (Å²) >= 11 is 0. The van der Waals surface area contributed by atoms with Crippen LogP contribution in [-0.4, -0.2) is 30.7 Å². The highest BCUT2D eigenvalue weighted by atomic mass is 32.2. The number of hydrogen-bond acceptors (Lipinski definition) is 4. The van der Waals surface area contributed by atoms with E-state index in [2.05, 4.69) is 0 Å².